The van der Waals surface area contributed by atoms with Crippen molar-refractivity contribution in [3.63, 3.8) is 0 Å². The van der Waals surface area contributed by atoms with E-state index in [1.165, 1.54) is 55.6 Å². The van der Waals surface area contributed by atoms with Gasteiger partial charge in [0.05, 0.1) is 0 Å². The molecular weight excluding hydrogens is 266 g/mol. The van der Waals surface area contributed by atoms with Gasteiger partial charge in [-0.1, -0.05) is 42.5 Å². The van der Waals surface area contributed by atoms with Gasteiger partial charge in [0.25, 0.3) is 0 Å². The van der Waals surface area contributed by atoms with Crippen molar-refractivity contribution >= 4 is 5.69 Å². The zero-order valence-corrected chi connectivity index (χ0v) is 13.2. The zero-order valence-electron chi connectivity index (χ0n) is 13.2. The smallest absolute Gasteiger partial charge is 0.0366 e. The third-order valence-electron chi connectivity index (χ3n) is 4.90. The molecule has 2 saturated carbocycles. The average Bonchev–Trinajstić information content (AvgIpc) is 3.44. The molecule has 2 aliphatic rings. The quantitative estimate of drug-likeness (QED) is 0.701. The molecule has 0 bridgehead atoms. The largest absolute Gasteiger partial charge is 0.371 e. The van der Waals surface area contributed by atoms with Gasteiger partial charge in [0, 0.05) is 18.8 Å². The first-order valence-corrected chi connectivity index (χ1v) is 8.74. The summed E-state index contributed by atoms with van der Waals surface area (Å²) in [6.45, 7) is 2.54. The van der Waals surface area contributed by atoms with Gasteiger partial charge in [-0.25, -0.2) is 0 Å². The maximum absolute atomic E-state index is 2.64. The van der Waals surface area contributed by atoms with Crippen molar-refractivity contribution in [1.82, 2.24) is 0 Å². The zero-order chi connectivity index (χ0) is 14.8. The molecule has 0 spiro atoms. The van der Waals surface area contributed by atoms with Crippen LogP contribution in [-0.2, 0) is 6.42 Å². The van der Waals surface area contributed by atoms with Gasteiger partial charge in [-0.05, 0) is 67.2 Å². The van der Waals surface area contributed by atoms with Gasteiger partial charge in [-0.3, -0.25) is 0 Å². The molecule has 2 aromatic carbocycles. The number of rotatable bonds is 7. The molecule has 1 heteroatoms. The van der Waals surface area contributed by atoms with Crippen LogP contribution < -0.4 is 4.90 Å². The normalized spacial score (nSPS) is 17.5. The van der Waals surface area contributed by atoms with Gasteiger partial charge in [0.2, 0.25) is 0 Å². The van der Waals surface area contributed by atoms with Crippen molar-refractivity contribution in [2.75, 3.05) is 18.0 Å². The van der Waals surface area contributed by atoms with Crippen LogP contribution in [0.4, 0.5) is 5.69 Å². The minimum atomic E-state index is 0.961. The summed E-state index contributed by atoms with van der Waals surface area (Å²) in [4.78, 5) is 2.64. The SMILES string of the molecule is c1ccc(Cc2ccc(N(CC3CC3)CC3CC3)cc2)cc1. The molecule has 0 N–H and O–H groups in total. The van der Waals surface area contributed by atoms with E-state index in [4.69, 9.17) is 0 Å². The molecule has 0 atom stereocenters. The second kappa shape index (κ2) is 6.16. The second-order valence-electron chi connectivity index (χ2n) is 7.12. The van der Waals surface area contributed by atoms with Gasteiger partial charge in [-0.15, -0.1) is 0 Å². The van der Waals surface area contributed by atoms with Crippen LogP contribution in [0.5, 0.6) is 0 Å². The lowest BCUT2D eigenvalue weighted by molar-refractivity contribution is 0.679. The van der Waals surface area contributed by atoms with E-state index in [9.17, 15) is 0 Å². The molecule has 1 nitrogen and oxygen atoms in total. The van der Waals surface area contributed by atoms with Crippen LogP contribution in [0.2, 0.25) is 0 Å². The molecule has 0 aliphatic heterocycles. The van der Waals surface area contributed by atoms with Gasteiger partial charge >= 0.3 is 0 Å². The van der Waals surface area contributed by atoms with Crippen LogP contribution in [0.25, 0.3) is 0 Å². The van der Waals surface area contributed by atoms with Crippen LogP contribution in [0, 0.1) is 11.8 Å². The van der Waals surface area contributed by atoms with E-state index < -0.39 is 0 Å². The van der Waals surface area contributed by atoms with E-state index in [0.717, 1.165) is 18.3 Å². The summed E-state index contributed by atoms with van der Waals surface area (Å²) >= 11 is 0. The lowest BCUT2D eigenvalue weighted by Gasteiger charge is -2.25. The van der Waals surface area contributed by atoms with Crippen LogP contribution in [0.1, 0.15) is 36.8 Å². The maximum Gasteiger partial charge on any atom is 0.0366 e. The van der Waals surface area contributed by atoms with E-state index in [1.54, 1.807) is 0 Å². The van der Waals surface area contributed by atoms with E-state index in [2.05, 4.69) is 59.5 Å². The molecule has 22 heavy (non-hydrogen) atoms. The van der Waals surface area contributed by atoms with E-state index in [0.29, 0.717) is 0 Å². The van der Waals surface area contributed by atoms with Crippen LogP contribution in [0.15, 0.2) is 54.6 Å². The molecule has 114 valence electrons. The van der Waals surface area contributed by atoms with E-state index >= 15 is 0 Å². The van der Waals surface area contributed by atoms with Crippen LogP contribution >= 0.6 is 0 Å². The van der Waals surface area contributed by atoms with Crippen molar-refractivity contribution < 1.29 is 0 Å². The first kappa shape index (κ1) is 13.9. The summed E-state index contributed by atoms with van der Waals surface area (Å²) in [5.74, 6) is 1.92. The number of benzene rings is 2. The Labute approximate surface area is 134 Å². The molecule has 4 rings (SSSR count). The number of hydrogen-bond acceptors (Lipinski definition) is 1. The first-order valence-electron chi connectivity index (χ1n) is 8.74. The van der Waals surface area contributed by atoms with Crippen molar-refractivity contribution in [2.45, 2.75) is 32.1 Å². The summed E-state index contributed by atoms with van der Waals surface area (Å²) in [6, 6.07) is 20.0. The minimum absolute atomic E-state index is 0.961. The molecule has 0 unspecified atom stereocenters. The number of nitrogens with zero attached hydrogens (tertiary/aromatic N) is 1. The lowest BCUT2D eigenvalue weighted by atomic mass is 10.0. The predicted octanol–water partition coefficient (Wildman–Crippen LogP) is 4.90. The molecule has 0 saturated heterocycles. The summed E-state index contributed by atoms with van der Waals surface area (Å²) in [5.41, 5.74) is 4.23. The van der Waals surface area contributed by atoms with Crippen molar-refractivity contribution in [3.05, 3.63) is 65.7 Å². The third kappa shape index (κ3) is 3.71. The first-order chi connectivity index (χ1) is 10.9. The Morgan fingerprint density at radius 1 is 0.682 bits per heavy atom. The molecule has 0 heterocycles. The fraction of sp³-hybridized carbons (Fsp3) is 0.429. The Morgan fingerprint density at radius 2 is 1.23 bits per heavy atom. The molecule has 2 aromatic rings. The molecule has 2 fully saturated rings. The minimum Gasteiger partial charge on any atom is -0.371 e. The molecule has 0 radical (unpaired) electrons. The third-order valence-corrected chi connectivity index (χ3v) is 4.90. The highest BCUT2D eigenvalue weighted by Gasteiger charge is 2.29. The fourth-order valence-electron chi connectivity index (χ4n) is 3.17. The summed E-state index contributed by atoms with van der Waals surface area (Å²) in [7, 11) is 0. The highest BCUT2D eigenvalue weighted by atomic mass is 15.1. The topological polar surface area (TPSA) is 3.24 Å². The van der Waals surface area contributed by atoms with Gasteiger partial charge in [-0.2, -0.15) is 0 Å². The van der Waals surface area contributed by atoms with Crippen molar-refractivity contribution in [3.8, 4) is 0 Å². The highest BCUT2D eigenvalue weighted by Crippen LogP contribution is 2.35. The Bertz CT molecular complexity index is 580. The fourth-order valence-corrected chi connectivity index (χ4v) is 3.17. The average molecular weight is 291 g/mol. The molecule has 0 amide bonds. The molecular formula is C21H25N. The summed E-state index contributed by atoms with van der Waals surface area (Å²) < 4.78 is 0. The van der Waals surface area contributed by atoms with Crippen LogP contribution in [0.3, 0.4) is 0 Å². The Balaban J connectivity index is 1.44. The summed E-state index contributed by atoms with van der Waals surface area (Å²) in [5, 5.41) is 0. The van der Waals surface area contributed by atoms with Gasteiger partial charge in [0.1, 0.15) is 0 Å². The molecule has 2 aliphatic carbocycles. The van der Waals surface area contributed by atoms with E-state index in [1.807, 2.05) is 0 Å². The monoisotopic (exact) mass is 291 g/mol. The predicted molar refractivity (Wildman–Crippen MR) is 93.4 cm³/mol. The summed E-state index contributed by atoms with van der Waals surface area (Å²) in [6.07, 6.45) is 6.79. The second-order valence-corrected chi connectivity index (χ2v) is 7.12. The van der Waals surface area contributed by atoms with E-state index in [-0.39, 0.29) is 0 Å². The molecule has 0 aromatic heterocycles. The van der Waals surface area contributed by atoms with Crippen LogP contribution in [-0.4, -0.2) is 13.1 Å². The van der Waals surface area contributed by atoms with Gasteiger partial charge in [0.15, 0.2) is 0 Å². The van der Waals surface area contributed by atoms with Crippen molar-refractivity contribution in [1.29, 1.82) is 0 Å². The maximum atomic E-state index is 2.64. The standard InChI is InChI=1S/C21H25N/c1-2-4-17(5-3-1)14-18-10-12-21(13-11-18)22(15-19-6-7-19)16-20-8-9-20/h1-5,10-13,19-20H,6-9,14-16H2. The number of anilines is 1. The van der Waals surface area contributed by atoms with Gasteiger partial charge < -0.3 is 4.90 Å². The Kier molecular flexibility index (Phi) is 3.88. The number of hydrogen-bond donors (Lipinski definition) is 0. The highest BCUT2D eigenvalue weighted by molar-refractivity contribution is 5.48. The Morgan fingerprint density at radius 3 is 1.77 bits per heavy atom. The Hall–Kier alpha value is -1.76. The lowest BCUT2D eigenvalue weighted by Crippen LogP contribution is -2.27. The van der Waals surface area contributed by atoms with Crippen molar-refractivity contribution in [2.24, 2.45) is 11.8 Å².